The average Bonchev–Trinajstić information content (AvgIpc) is 2.95. The molecule has 5 nitrogen and oxygen atoms in total. The topological polar surface area (TPSA) is 76.7 Å². The number of rotatable bonds is 8. The van der Waals surface area contributed by atoms with Crippen molar-refractivity contribution in [2.45, 2.75) is 26.7 Å². The van der Waals surface area contributed by atoms with E-state index in [9.17, 15) is 14.7 Å². The Bertz CT molecular complexity index is 931. The number of ether oxygens (including phenoxy) is 1. The number of carboxylic acid groups (broad SMARTS) is 1. The number of hydrogen-bond acceptors (Lipinski definition) is 4. The van der Waals surface area contributed by atoms with E-state index in [2.05, 4.69) is 0 Å². The SMILES string of the molecule is COC(C=C=O)=CC1C(C)(C)C1(Cc1coc(Cc2ccccc2)c1)C(=O)O. The highest BCUT2D eigenvalue weighted by molar-refractivity contribution is 5.82. The van der Waals surface area contributed by atoms with Gasteiger partial charge in [0, 0.05) is 12.3 Å². The Balaban J connectivity index is 1.84. The molecular weight excluding hydrogens is 356 g/mol. The predicted octanol–water partition coefficient (Wildman–Crippen LogP) is 4.06. The van der Waals surface area contributed by atoms with Gasteiger partial charge in [0.2, 0.25) is 0 Å². The molecule has 146 valence electrons. The van der Waals surface area contributed by atoms with Crippen LogP contribution in [0, 0.1) is 16.7 Å². The summed E-state index contributed by atoms with van der Waals surface area (Å²) in [5.74, 6) is 1.67. The number of carboxylic acids is 1. The molecule has 1 fully saturated rings. The molecule has 1 saturated carbocycles. The molecule has 2 atom stereocenters. The highest BCUT2D eigenvalue weighted by atomic mass is 16.5. The third-order valence-corrected chi connectivity index (χ3v) is 5.94. The molecule has 1 aliphatic rings. The Morgan fingerprint density at radius 1 is 1.29 bits per heavy atom. The summed E-state index contributed by atoms with van der Waals surface area (Å²) in [4.78, 5) is 22.9. The summed E-state index contributed by atoms with van der Waals surface area (Å²) in [5, 5.41) is 10.0. The number of allylic oxidation sites excluding steroid dienone is 2. The lowest BCUT2D eigenvalue weighted by atomic mass is 9.89. The van der Waals surface area contributed by atoms with E-state index in [0.717, 1.165) is 16.9 Å². The second kappa shape index (κ2) is 7.53. The lowest BCUT2D eigenvalue weighted by Gasteiger charge is -2.14. The molecule has 0 saturated heterocycles. The first-order valence-electron chi connectivity index (χ1n) is 9.15. The standard InChI is InChI=1S/C23H24O5/c1-22(2)20(13-18(27-3)9-10-24)23(22,21(25)26)14-17-12-19(28-15-17)11-16-7-5-4-6-8-16/h4-9,12-13,15,20H,11,14H2,1-3H3,(H,25,26). The van der Waals surface area contributed by atoms with Gasteiger partial charge in [-0.2, -0.15) is 0 Å². The van der Waals surface area contributed by atoms with Crippen LogP contribution in [0.3, 0.4) is 0 Å². The fourth-order valence-corrected chi connectivity index (χ4v) is 4.20. The Hall–Kier alpha value is -3.04. The Morgan fingerprint density at radius 2 is 2.00 bits per heavy atom. The maximum Gasteiger partial charge on any atom is 0.311 e. The van der Waals surface area contributed by atoms with Crippen LogP contribution < -0.4 is 0 Å². The second-order valence-electron chi connectivity index (χ2n) is 7.77. The van der Waals surface area contributed by atoms with E-state index in [-0.39, 0.29) is 5.92 Å². The Kier molecular flexibility index (Phi) is 5.30. The maximum atomic E-state index is 12.3. The second-order valence-corrected chi connectivity index (χ2v) is 7.77. The molecule has 0 radical (unpaired) electrons. The van der Waals surface area contributed by atoms with Gasteiger partial charge in [0.05, 0.1) is 24.9 Å². The van der Waals surface area contributed by atoms with Gasteiger partial charge in [-0.1, -0.05) is 44.2 Å². The molecule has 3 rings (SSSR count). The minimum atomic E-state index is -0.985. The van der Waals surface area contributed by atoms with Crippen LogP contribution in [0.5, 0.6) is 0 Å². The summed E-state index contributed by atoms with van der Waals surface area (Å²) in [6.07, 6.45) is 5.53. The average molecular weight is 380 g/mol. The molecule has 1 aliphatic carbocycles. The van der Waals surface area contributed by atoms with Crippen LogP contribution in [0.25, 0.3) is 0 Å². The van der Waals surface area contributed by atoms with Crippen LogP contribution >= 0.6 is 0 Å². The number of hydrogen-bond donors (Lipinski definition) is 1. The number of carbonyl (C=O) groups is 1. The number of methoxy groups -OCH3 is 1. The van der Waals surface area contributed by atoms with Crippen molar-refractivity contribution in [1.29, 1.82) is 0 Å². The van der Waals surface area contributed by atoms with E-state index < -0.39 is 16.8 Å². The molecule has 1 aromatic carbocycles. The summed E-state index contributed by atoms with van der Waals surface area (Å²) >= 11 is 0. The zero-order chi connectivity index (χ0) is 20.4. The molecule has 0 spiro atoms. The molecule has 2 aromatic rings. The van der Waals surface area contributed by atoms with Crippen molar-refractivity contribution in [2.75, 3.05) is 7.11 Å². The van der Waals surface area contributed by atoms with Crippen LogP contribution in [-0.4, -0.2) is 24.1 Å². The lowest BCUT2D eigenvalue weighted by Crippen LogP contribution is -2.24. The van der Waals surface area contributed by atoms with E-state index in [1.807, 2.05) is 50.2 Å². The van der Waals surface area contributed by atoms with Gasteiger partial charge < -0.3 is 14.3 Å². The summed E-state index contributed by atoms with van der Waals surface area (Å²) in [6, 6.07) is 11.9. The monoisotopic (exact) mass is 380 g/mol. The van der Waals surface area contributed by atoms with Gasteiger partial charge in [0.1, 0.15) is 17.5 Å². The van der Waals surface area contributed by atoms with Crippen molar-refractivity contribution < 1.29 is 23.8 Å². The van der Waals surface area contributed by atoms with E-state index in [1.165, 1.54) is 13.2 Å². The van der Waals surface area contributed by atoms with Gasteiger partial charge in [-0.3, -0.25) is 4.79 Å². The van der Waals surface area contributed by atoms with E-state index in [1.54, 1.807) is 18.3 Å². The third-order valence-electron chi connectivity index (χ3n) is 5.94. The summed E-state index contributed by atoms with van der Waals surface area (Å²) in [6.45, 7) is 3.84. The molecule has 5 heteroatoms. The van der Waals surface area contributed by atoms with Crippen LogP contribution in [0.4, 0.5) is 0 Å². The Labute approximate surface area is 164 Å². The van der Waals surface area contributed by atoms with Gasteiger partial charge >= 0.3 is 5.97 Å². The lowest BCUT2D eigenvalue weighted by molar-refractivity contribution is -0.145. The van der Waals surface area contributed by atoms with E-state index in [0.29, 0.717) is 18.6 Å². The minimum absolute atomic E-state index is 0.274. The minimum Gasteiger partial charge on any atom is -0.496 e. The van der Waals surface area contributed by atoms with Crippen LogP contribution in [0.15, 0.2) is 65.0 Å². The molecule has 0 aliphatic heterocycles. The van der Waals surface area contributed by atoms with Crippen LogP contribution in [0.1, 0.15) is 30.7 Å². The maximum absolute atomic E-state index is 12.3. The molecule has 1 aromatic heterocycles. The number of benzene rings is 1. The largest absolute Gasteiger partial charge is 0.496 e. The van der Waals surface area contributed by atoms with Gasteiger partial charge in [-0.25, -0.2) is 4.79 Å². The van der Waals surface area contributed by atoms with Crippen molar-refractivity contribution in [3.63, 3.8) is 0 Å². The Morgan fingerprint density at radius 3 is 2.61 bits per heavy atom. The van der Waals surface area contributed by atoms with Gasteiger partial charge in [-0.05, 0) is 35.1 Å². The molecule has 1 heterocycles. The third kappa shape index (κ3) is 3.41. The molecule has 0 bridgehead atoms. The number of aliphatic carboxylic acids is 1. The molecule has 2 unspecified atom stereocenters. The van der Waals surface area contributed by atoms with E-state index >= 15 is 0 Å². The predicted molar refractivity (Wildman–Crippen MR) is 104 cm³/mol. The molecule has 0 amide bonds. The quantitative estimate of drug-likeness (QED) is 0.425. The number of furan rings is 1. The molecule has 1 N–H and O–H groups in total. The van der Waals surface area contributed by atoms with Crippen molar-refractivity contribution in [1.82, 2.24) is 0 Å². The van der Waals surface area contributed by atoms with Gasteiger partial charge in [0.25, 0.3) is 0 Å². The van der Waals surface area contributed by atoms with Crippen LogP contribution in [-0.2, 0) is 27.2 Å². The van der Waals surface area contributed by atoms with Gasteiger partial charge in [0.15, 0.2) is 0 Å². The zero-order valence-corrected chi connectivity index (χ0v) is 16.3. The highest BCUT2D eigenvalue weighted by Gasteiger charge is 2.74. The first-order chi connectivity index (χ1) is 13.3. The first-order valence-corrected chi connectivity index (χ1v) is 9.15. The smallest absolute Gasteiger partial charge is 0.311 e. The highest BCUT2D eigenvalue weighted by Crippen LogP contribution is 2.71. The fraction of sp³-hybridized carbons (Fsp3) is 0.348. The fourth-order valence-electron chi connectivity index (χ4n) is 4.20. The van der Waals surface area contributed by atoms with Crippen molar-refractivity contribution >= 4 is 11.9 Å². The molecule has 28 heavy (non-hydrogen) atoms. The van der Waals surface area contributed by atoms with Crippen molar-refractivity contribution in [3.8, 4) is 0 Å². The first kappa shape index (κ1) is 19.7. The van der Waals surface area contributed by atoms with Crippen molar-refractivity contribution in [3.05, 3.63) is 77.5 Å². The summed E-state index contributed by atoms with van der Waals surface area (Å²) in [5.41, 5.74) is 0.508. The van der Waals surface area contributed by atoms with Crippen molar-refractivity contribution in [2.24, 2.45) is 16.7 Å². The normalized spacial score (nSPS) is 23.0. The van der Waals surface area contributed by atoms with Crippen LogP contribution in [0.2, 0.25) is 0 Å². The number of carbonyl (C=O) groups excluding carboxylic acids is 1. The van der Waals surface area contributed by atoms with E-state index in [4.69, 9.17) is 9.15 Å². The molecular formula is C23H24O5. The zero-order valence-electron chi connectivity index (χ0n) is 16.3. The summed E-state index contributed by atoms with van der Waals surface area (Å²) < 4.78 is 10.8. The summed E-state index contributed by atoms with van der Waals surface area (Å²) in [7, 11) is 1.45. The van der Waals surface area contributed by atoms with Gasteiger partial charge in [-0.15, -0.1) is 0 Å².